The highest BCUT2D eigenvalue weighted by atomic mass is 16.5. The molecule has 2 N–H and O–H groups in total. The standard InChI is InChI=1S/C20H27N3O6/c1-11(2)17(20(27)28)22-18(25)12(3)21-19(26)13-9-16(24)23(10-13)14-5-7-15(29-4)8-6-14/h5-8,11-13,17H,9-10H2,1-4H3,(H,21,26)(H,22,25)(H,27,28)/p-1/t12-,13+,17-/m0/s1. The Bertz CT molecular complexity index is 777. The number of amides is 3. The van der Waals surface area contributed by atoms with E-state index in [1.165, 1.54) is 11.8 Å². The quantitative estimate of drug-likeness (QED) is 0.598. The third-order valence-electron chi connectivity index (χ3n) is 4.85. The first-order valence-corrected chi connectivity index (χ1v) is 9.40. The molecular formula is C20H26N3O6-. The SMILES string of the molecule is COc1ccc(N2C[C@H](C(=O)N[C@@H](C)C(=O)N[C@H](C(=O)[O-])C(C)C)CC2=O)cc1. The molecule has 9 nitrogen and oxygen atoms in total. The van der Waals surface area contributed by atoms with E-state index in [1.807, 2.05) is 0 Å². The van der Waals surface area contributed by atoms with Gasteiger partial charge in [-0.15, -0.1) is 0 Å². The lowest BCUT2D eigenvalue weighted by Crippen LogP contribution is -2.55. The highest BCUT2D eigenvalue weighted by Gasteiger charge is 2.36. The van der Waals surface area contributed by atoms with Gasteiger partial charge in [0.2, 0.25) is 17.7 Å². The summed E-state index contributed by atoms with van der Waals surface area (Å²) in [6.07, 6.45) is 0.0276. The number of carboxylic acid groups (broad SMARTS) is 1. The Kier molecular flexibility index (Phi) is 7.19. The number of nitrogens with one attached hydrogen (secondary N) is 2. The molecule has 158 valence electrons. The summed E-state index contributed by atoms with van der Waals surface area (Å²) in [6.45, 7) is 4.93. The van der Waals surface area contributed by atoms with E-state index in [4.69, 9.17) is 4.74 Å². The second kappa shape index (κ2) is 9.40. The van der Waals surface area contributed by atoms with Crippen LogP contribution >= 0.6 is 0 Å². The summed E-state index contributed by atoms with van der Waals surface area (Å²) in [4.78, 5) is 49.7. The van der Waals surface area contributed by atoms with Gasteiger partial charge in [-0.1, -0.05) is 13.8 Å². The van der Waals surface area contributed by atoms with Crippen molar-refractivity contribution >= 4 is 29.4 Å². The zero-order valence-electron chi connectivity index (χ0n) is 16.9. The number of nitrogens with zero attached hydrogens (tertiary/aromatic N) is 1. The average Bonchev–Trinajstić information content (AvgIpc) is 3.07. The monoisotopic (exact) mass is 404 g/mol. The van der Waals surface area contributed by atoms with Crippen LogP contribution in [0.1, 0.15) is 27.2 Å². The van der Waals surface area contributed by atoms with Crippen molar-refractivity contribution in [1.29, 1.82) is 0 Å². The zero-order valence-corrected chi connectivity index (χ0v) is 16.9. The number of hydrogen-bond donors (Lipinski definition) is 2. The Hall–Kier alpha value is -3.10. The molecule has 2 rings (SSSR count). The predicted molar refractivity (Wildman–Crippen MR) is 103 cm³/mol. The summed E-state index contributed by atoms with van der Waals surface area (Å²) < 4.78 is 5.09. The average molecular weight is 404 g/mol. The van der Waals surface area contributed by atoms with Crippen molar-refractivity contribution in [3.8, 4) is 5.75 Å². The summed E-state index contributed by atoms with van der Waals surface area (Å²) >= 11 is 0. The molecule has 1 heterocycles. The lowest BCUT2D eigenvalue weighted by Gasteiger charge is -2.25. The summed E-state index contributed by atoms with van der Waals surface area (Å²) in [5.41, 5.74) is 0.658. The molecule has 0 radical (unpaired) electrons. The van der Waals surface area contributed by atoms with Crippen molar-refractivity contribution in [2.45, 2.75) is 39.3 Å². The number of anilines is 1. The predicted octanol–water partition coefficient (Wildman–Crippen LogP) is -0.556. The third kappa shape index (κ3) is 5.46. The molecule has 3 atom stereocenters. The highest BCUT2D eigenvalue weighted by molar-refractivity contribution is 6.01. The van der Waals surface area contributed by atoms with Crippen molar-refractivity contribution in [3.63, 3.8) is 0 Å². The lowest BCUT2D eigenvalue weighted by molar-refractivity contribution is -0.309. The molecule has 1 aromatic carbocycles. The van der Waals surface area contributed by atoms with Crippen molar-refractivity contribution in [2.24, 2.45) is 11.8 Å². The van der Waals surface area contributed by atoms with Crippen LogP contribution in [0.3, 0.4) is 0 Å². The second-order valence-corrected chi connectivity index (χ2v) is 7.38. The first-order chi connectivity index (χ1) is 13.6. The van der Waals surface area contributed by atoms with Gasteiger partial charge < -0.3 is 30.2 Å². The molecule has 1 fully saturated rings. The van der Waals surface area contributed by atoms with Gasteiger partial charge in [0.1, 0.15) is 11.8 Å². The van der Waals surface area contributed by atoms with Crippen molar-refractivity contribution in [3.05, 3.63) is 24.3 Å². The van der Waals surface area contributed by atoms with Gasteiger partial charge in [0.25, 0.3) is 0 Å². The fraction of sp³-hybridized carbons (Fsp3) is 0.500. The molecule has 1 aliphatic heterocycles. The summed E-state index contributed by atoms with van der Waals surface area (Å²) in [6, 6.07) is 4.82. The minimum absolute atomic E-state index is 0.0276. The summed E-state index contributed by atoms with van der Waals surface area (Å²) in [7, 11) is 1.55. The number of carbonyl (C=O) groups is 4. The van der Waals surface area contributed by atoms with Crippen LogP contribution in [0.4, 0.5) is 5.69 Å². The molecule has 0 aromatic heterocycles. The van der Waals surface area contributed by atoms with Crippen LogP contribution in [0.5, 0.6) is 5.75 Å². The maximum Gasteiger partial charge on any atom is 0.242 e. The molecule has 0 unspecified atom stereocenters. The Morgan fingerprint density at radius 2 is 1.76 bits per heavy atom. The fourth-order valence-corrected chi connectivity index (χ4v) is 3.07. The Morgan fingerprint density at radius 1 is 1.14 bits per heavy atom. The number of hydrogen-bond acceptors (Lipinski definition) is 6. The van der Waals surface area contributed by atoms with Gasteiger partial charge in [-0.25, -0.2) is 0 Å². The first kappa shape index (κ1) is 22.2. The van der Waals surface area contributed by atoms with E-state index in [-0.39, 0.29) is 24.8 Å². The smallest absolute Gasteiger partial charge is 0.242 e. The molecule has 1 aliphatic rings. The van der Waals surface area contributed by atoms with E-state index in [0.29, 0.717) is 11.4 Å². The van der Waals surface area contributed by atoms with Crippen LogP contribution in [0.15, 0.2) is 24.3 Å². The van der Waals surface area contributed by atoms with Gasteiger partial charge in [0.05, 0.1) is 25.0 Å². The normalized spacial score (nSPS) is 18.3. The molecule has 1 aromatic rings. The van der Waals surface area contributed by atoms with Gasteiger partial charge >= 0.3 is 0 Å². The lowest BCUT2D eigenvalue weighted by atomic mass is 10.0. The van der Waals surface area contributed by atoms with E-state index in [2.05, 4.69) is 10.6 Å². The van der Waals surface area contributed by atoms with E-state index in [1.54, 1.807) is 45.2 Å². The number of rotatable bonds is 8. The van der Waals surface area contributed by atoms with Crippen molar-refractivity contribution in [1.82, 2.24) is 10.6 Å². The van der Waals surface area contributed by atoms with Gasteiger partial charge in [-0.3, -0.25) is 14.4 Å². The topological polar surface area (TPSA) is 128 Å². The number of carbonyl (C=O) groups excluding carboxylic acids is 4. The van der Waals surface area contributed by atoms with Crippen LogP contribution in [-0.2, 0) is 19.2 Å². The van der Waals surface area contributed by atoms with E-state index >= 15 is 0 Å². The maximum absolute atomic E-state index is 12.5. The Morgan fingerprint density at radius 3 is 2.28 bits per heavy atom. The number of methoxy groups -OCH3 is 1. The number of ether oxygens (including phenoxy) is 1. The third-order valence-corrected chi connectivity index (χ3v) is 4.85. The minimum Gasteiger partial charge on any atom is -0.548 e. The maximum atomic E-state index is 12.5. The minimum atomic E-state index is -1.39. The van der Waals surface area contributed by atoms with Crippen LogP contribution in [-0.4, -0.2) is 49.4 Å². The molecule has 1 saturated heterocycles. The van der Waals surface area contributed by atoms with Crippen LogP contribution in [0.2, 0.25) is 0 Å². The fourth-order valence-electron chi connectivity index (χ4n) is 3.07. The molecular weight excluding hydrogens is 378 g/mol. The second-order valence-electron chi connectivity index (χ2n) is 7.38. The Balaban J connectivity index is 1.95. The van der Waals surface area contributed by atoms with Gasteiger partial charge in [0.15, 0.2) is 0 Å². The van der Waals surface area contributed by atoms with Crippen LogP contribution in [0.25, 0.3) is 0 Å². The Labute approximate surface area is 169 Å². The molecule has 3 amide bonds. The zero-order chi connectivity index (χ0) is 21.7. The summed E-state index contributed by atoms with van der Waals surface area (Å²) in [5, 5.41) is 16.0. The van der Waals surface area contributed by atoms with Crippen molar-refractivity contribution in [2.75, 3.05) is 18.6 Å². The van der Waals surface area contributed by atoms with E-state index < -0.39 is 35.8 Å². The van der Waals surface area contributed by atoms with Crippen LogP contribution < -0.4 is 25.4 Å². The first-order valence-electron chi connectivity index (χ1n) is 9.40. The highest BCUT2D eigenvalue weighted by Crippen LogP contribution is 2.27. The van der Waals surface area contributed by atoms with E-state index in [9.17, 15) is 24.3 Å². The molecule has 0 aliphatic carbocycles. The van der Waals surface area contributed by atoms with Crippen molar-refractivity contribution < 1.29 is 29.0 Å². The van der Waals surface area contributed by atoms with Gasteiger partial charge in [-0.05, 0) is 37.1 Å². The van der Waals surface area contributed by atoms with Crippen LogP contribution in [0, 0.1) is 11.8 Å². The number of aliphatic carboxylic acids is 1. The summed E-state index contributed by atoms with van der Waals surface area (Å²) in [5.74, 6) is -2.96. The van der Waals surface area contributed by atoms with Gasteiger partial charge in [0, 0.05) is 18.7 Å². The molecule has 0 spiro atoms. The molecule has 9 heteroatoms. The largest absolute Gasteiger partial charge is 0.548 e. The van der Waals surface area contributed by atoms with E-state index in [0.717, 1.165) is 0 Å². The number of carboxylic acids is 1. The molecule has 29 heavy (non-hydrogen) atoms. The molecule has 0 bridgehead atoms. The number of benzene rings is 1. The van der Waals surface area contributed by atoms with Gasteiger partial charge in [-0.2, -0.15) is 0 Å². The molecule has 0 saturated carbocycles.